The fraction of sp³-hybridized carbons (Fsp3) is 0.154. The number of rotatable bonds is 5. The fourth-order valence-corrected chi connectivity index (χ4v) is 5.31. The van der Waals surface area contributed by atoms with Crippen LogP contribution in [0.3, 0.4) is 0 Å². The molecule has 0 bridgehead atoms. The monoisotopic (exact) mass is 425 g/mol. The van der Waals surface area contributed by atoms with Gasteiger partial charge < -0.3 is 4.90 Å². The predicted octanol–water partition coefficient (Wildman–Crippen LogP) is 5.30. The second-order valence-electron chi connectivity index (χ2n) is 7.53. The number of carbonyl (C=O) groups is 1. The smallest absolute Gasteiger partial charge is 0.254 e. The van der Waals surface area contributed by atoms with Crippen molar-refractivity contribution in [2.24, 2.45) is 0 Å². The zero-order valence-corrected chi connectivity index (χ0v) is 17.9. The van der Waals surface area contributed by atoms with Crippen LogP contribution in [0.5, 0.6) is 0 Å². The Morgan fingerprint density at radius 3 is 2.26 bits per heavy atom. The van der Waals surface area contributed by atoms with E-state index < -0.39 is 0 Å². The van der Waals surface area contributed by atoms with Gasteiger partial charge in [-0.3, -0.25) is 4.79 Å². The lowest BCUT2D eigenvalue weighted by atomic mass is 10.0. The van der Waals surface area contributed by atoms with Crippen molar-refractivity contribution in [2.45, 2.75) is 11.8 Å². The molecule has 1 saturated heterocycles. The van der Waals surface area contributed by atoms with Gasteiger partial charge in [-0.25, -0.2) is 4.68 Å². The van der Waals surface area contributed by atoms with Gasteiger partial charge in [0, 0.05) is 35.4 Å². The average molecular weight is 426 g/mol. The van der Waals surface area contributed by atoms with Crippen molar-refractivity contribution in [3.05, 3.63) is 108 Å². The van der Waals surface area contributed by atoms with Crippen molar-refractivity contribution >= 4 is 17.7 Å². The van der Waals surface area contributed by atoms with Gasteiger partial charge in [0.1, 0.15) is 0 Å². The van der Waals surface area contributed by atoms with Crippen LogP contribution in [-0.2, 0) is 6.42 Å². The van der Waals surface area contributed by atoms with E-state index in [4.69, 9.17) is 5.10 Å². The first-order chi connectivity index (χ1) is 15.3. The average Bonchev–Trinajstić information content (AvgIpc) is 3.48. The van der Waals surface area contributed by atoms with Crippen molar-refractivity contribution in [3.8, 4) is 16.9 Å². The van der Waals surface area contributed by atoms with E-state index in [1.54, 1.807) is 0 Å². The summed E-state index contributed by atoms with van der Waals surface area (Å²) in [4.78, 5) is 15.1. The van der Waals surface area contributed by atoms with E-state index in [0.29, 0.717) is 0 Å². The molecule has 4 nitrogen and oxygen atoms in total. The quantitative estimate of drug-likeness (QED) is 0.436. The highest BCUT2D eigenvalue weighted by Gasteiger charge is 2.31. The normalized spacial score (nSPS) is 15.9. The lowest BCUT2D eigenvalue weighted by Gasteiger charge is -2.24. The molecule has 1 fully saturated rings. The van der Waals surface area contributed by atoms with E-state index in [1.807, 2.05) is 82.1 Å². The summed E-state index contributed by atoms with van der Waals surface area (Å²) < 4.78 is 2.01. The first-order valence-corrected chi connectivity index (χ1v) is 11.5. The largest absolute Gasteiger partial charge is 0.326 e. The molecule has 1 atom stereocenters. The number of nitrogens with zero attached hydrogens (tertiary/aromatic N) is 3. The Morgan fingerprint density at radius 2 is 1.55 bits per heavy atom. The van der Waals surface area contributed by atoms with Crippen molar-refractivity contribution < 1.29 is 4.79 Å². The van der Waals surface area contributed by atoms with E-state index in [0.717, 1.165) is 46.8 Å². The van der Waals surface area contributed by atoms with Crippen LogP contribution in [0.1, 0.15) is 15.9 Å². The molecule has 31 heavy (non-hydrogen) atoms. The molecule has 0 saturated carbocycles. The molecule has 1 unspecified atom stereocenters. The van der Waals surface area contributed by atoms with Gasteiger partial charge >= 0.3 is 0 Å². The maximum atomic E-state index is 13.1. The Bertz CT molecular complexity index is 1160. The standard InChI is InChI=1S/C26H23N3OS/c30-26(21-12-6-2-7-13-21)28-16-17-31-24(28)18-22-19-27-29(23-14-8-3-9-15-23)25(22)20-10-4-1-5-11-20/h1-15,19,24H,16-18H2. The fourth-order valence-electron chi connectivity index (χ4n) is 4.06. The van der Waals surface area contributed by atoms with E-state index in [-0.39, 0.29) is 11.3 Å². The molecule has 5 heteroatoms. The lowest BCUT2D eigenvalue weighted by Crippen LogP contribution is -2.36. The third-order valence-corrected chi connectivity index (χ3v) is 6.78. The van der Waals surface area contributed by atoms with Crippen LogP contribution >= 0.6 is 11.8 Å². The number of benzene rings is 3. The summed E-state index contributed by atoms with van der Waals surface area (Å²) in [6.45, 7) is 0.774. The van der Waals surface area contributed by atoms with Gasteiger partial charge in [-0.15, -0.1) is 11.8 Å². The third kappa shape index (κ3) is 4.01. The van der Waals surface area contributed by atoms with Gasteiger partial charge in [0.25, 0.3) is 5.91 Å². The number of hydrogen-bond donors (Lipinski definition) is 0. The second kappa shape index (κ2) is 8.82. The topological polar surface area (TPSA) is 38.1 Å². The maximum absolute atomic E-state index is 13.1. The molecule has 154 valence electrons. The van der Waals surface area contributed by atoms with E-state index in [9.17, 15) is 4.79 Å². The summed E-state index contributed by atoms with van der Waals surface area (Å²) in [5.41, 5.74) is 5.15. The minimum absolute atomic E-state index is 0.101. The zero-order chi connectivity index (χ0) is 21.0. The number of thioether (sulfide) groups is 1. The number of amides is 1. The zero-order valence-electron chi connectivity index (χ0n) is 17.1. The summed E-state index contributed by atoms with van der Waals surface area (Å²) in [5, 5.41) is 4.84. The van der Waals surface area contributed by atoms with Crippen LogP contribution in [0.2, 0.25) is 0 Å². The molecular weight excluding hydrogens is 402 g/mol. The molecule has 1 aliphatic heterocycles. The highest BCUT2D eigenvalue weighted by molar-refractivity contribution is 8.00. The van der Waals surface area contributed by atoms with E-state index in [2.05, 4.69) is 36.4 Å². The predicted molar refractivity (Wildman–Crippen MR) is 126 cm³/mol. The first kappa shape index (κ1) is 19.6. The second-order valence-corrected chi connectivity index (χ2v) is 8.81. The number of aromatic nitrogens is 2. The Morgan fingerprint density at radius 1 is 0.903 bits per heavy atom. The van der Waals surface area contributed by atoms with Crippen LogP contribution in [0, 0.1) is 0 Å². The summed E-state index contributed by atoms with van der Waals surface area (Å²) in [6, 6.07) is 30.1. The van der Waals surface area contributed by atoms with Crippen LogP contribution in [-0.4, -0.2) is 38.3 Å². The Hall–Kier alpha value is -3.31. The Balaban J connectivity index is 1.49. The van der Waals surface area contributed by atoms with Gasteiger partial charge in [0.05, 0.1) is 23.0 Å². The third-order valence-electron chi connectivity index (χ3n) is 5.56. The van der Waals surface area contributed by atoms with Crippen LogP contribution in [0.4, 0.5) is 0 Å². The van der Waals surface area contributed by atoms with Gasteiger partial charge in [-0.1, -0.05) is 66.7 Å². The van der Waals surface area contributed by atoms with Crippen molar-refractivity contribution in [1.29, 1.82) is 0 Å². The number of para-hydroxylation sites is 1. The van der Waals surface area contributed by atoms with Crippen molar-refractivity contribution in [3.63, 3.8) is 0 Å². The van der Waals surface area contributed by atoms with E-state index >= 15 is 0 Å². The molecule has 1 aromatic heterocycles. The molecule has 5 rings (SSSR count). The van der Waals surface area contributed by atoms with Crippen LogP contribution in [0.25, 0.3) is 16.9 Å². The van der Waals surface area contributed by atoms with Gasteiger partial charge in [0.15, 0.2) is 0 Å². The Labute approximate surface area is 186 Å². The minimum Gasteiger partial charge on any atom is -0.326 e. The maximum Gasteiger partial charge on any atom is 0.254 e. The van der Waals surface area contributed by atoms with Crippen molar-refractivity contribution in [2.75, 3.05) is 12.3 Å². The molecule has 2 heterocycles. The molecular formula is C26H23N3OS. The van der Waals surface area contributed by atoms with Gasteiger partial charge in [-0.2, -0.15) is 5.10 Å². The summed E-state index contributed by atoms with van der Waals surface area (Å²) in [6.07, 6.45) is 2.72. The molecule has 1 aliphatic rings. The highest BCUT2D eigenvalue weighted by atomic mass is 32.2. The first-order valence-electron chi connectivity index (χ1n) is 10.5. The van der Waals surface area contributed by atoms with Gasteiger partial charge in [0.2, 0.25) is 0 Å². The molecule has 0 radical (unpaired) electrons. The highest BCUT2D eigenvalue weighted by Crippen LogP contribution is 2.33. The van der Waals surface area contributed by atoms with Crippen LogP contribution < -0.4 is 0 Å². The summed E-state index contributed by atoms with van der Waals surface area (Å²) in [7, 11) is 0. The number of hydrogen-bond acceptors (Lipinski definition) is 3. The summed E-state index contributed by atoms with van der Waals surface area (Å²) >= 11 is 1.85. The molecule has 0 spiro atoms. The molecule has 0 aliphatic carbocycles. The van der Waals surface area contributed by atoms with Crippen LogP contribution in [0.15, 0.2) is 97.2 Å². The summed E-state index contributed by atoms with van der Waals surface area (Å²) in [5.74, 6) is 1.06. The molecule has 0 N–H and O–H groups in total. The SMILES string of the molecule is O=C(c1ccccc1)N1CCSC1Cc1cnn(-c2ccccc2)c1-c1ccccc1. The number of carbonyl (C=O) groups excluding carboxylic acids is 1. The van der Waals surface area contributed by atoms with Gasteiger partial charge in [-0.05, 0) is 24.3 Å². The molecule has 4 aromatic rings. The van der Waals surface area contributed by atoms with Crippen molar-refractivity contribution in [1.82, 2.24) is 14.7 Å². The molecule has 1 amide bonds. The minimum atomic E-state index is 0.101. The molecule has 3 aromatic carbocycles. The Kier molecular flexibility index (Phi) is 5.59. The van der Waals surface area contributed by atoms with E-state index in [1.165, 1.54) is 0 Å². The lowest BCUT2D eigenvalue weighted by molar-refractivity contribution is 0.0761.